The van der Waals surface area contributed by atoms with Crippen molar-refractivity contribution < 1.29 is 9.13 Å². The maximum absolute atomic E-state index is 13.8. The summed E-state index contributed by atoms with van der Waals surface area (Å²) in [6, 6.07) is 7.14. The van der Waals surface area contributed by atoms with Crippen LogP contribution in [0.5, 0.6) is 5.75 Å². The molecular formula is C13H13FO. The summed E-state index contributed by atoms with van der Waals surface area (Å²) in [6.07, 6.45) is 0. The van der Waals surface area contributed by atoms with Gasteiger partial charge in [-0.15, -0.1) is 0 Å². The molecule has 0 heterocycles. The van der Waals surface area contributed by atoms with Gasteiger partial charge in [0, 0.05) is 0 Å². The molecule has 2 aromatic rings. The molecule has 0 saturated carbocycles. The lowest BCUT2D eigenvalue weighted by atomic mass is 10.00. The number of benzene rings is 2. The highest BCUT2D eigenvalue weighted by Crippen LogP contribution is 2.31. The summed E-state index contributed by atoms with van der Waals surface area (Å²) in [6.45, 7) is 3.91. The molecule has 0 saturated heterocycles. The van der Waals surface area contributed by atoms with E-state index in [9.17, 15) is 4.39 Å². The van der Waals surface area contributed by atoms with Crippen LogP contribution in [0.3, 0.4) is 0 Å². The van der Waals surface area contributed by atoms with Crippen molar-refractivity contribution in [1.82, 2.24) is 0 Å². The van der Waals surface area contributed by atoms with Gasteiger partial charge in [-0.2, -0.15) is 0 Å². The molecule has 0 aliphatic carbocycles. The zero-order valence-corrected chi connectivity index (χ0v) is 9.10. The van der Waals surface area contributed by atoms with Crippen LogP contribution in [-0.2, 0) is 0 Å². The van der Waals surface area contributed by atoms with E-state index in [1.54, 1.807) is 19.2 Å². The Bertz CT molecular complexity index is 517. The molecule has 0 aliphatic rings. The molecule has 0 fully saturated rings. The molecule has 1 nitrogen and oxygen atoms in total. The summed E-state index contributed by atoms with van der Waals surface area (Å²) in [7, 11) is 1.56. The molecule has 2 rings (SSSR count). The van der Waals surface area contributed by atoms with Gasteiger partial charge in [0.05, 0.1) is 12.5 Å². The number of hydrogen-bond acceptors (Lipinski definition) is 1. The molecule has 0 spiro atoms. The third-order valence-electron chi connectivity index (χ3n) is 2.82. The molecule has 0 aromatic heterocycles. The molecule has 0 N–H and O–H groups in total. The van der Waals surface area contributed by atoms with Gasteiger partial charge in [-0.25, -0.2) is 4.39 Å². The predicted molar refractivity (Wildman–Crippen MR) is 59.9 cm³/mol. The quantitative estimate of drug-likeness (QED) is 0.689. The first-order chi connectivity index (χ1) is 7.15. The van der Waals surface area contributed by atoms with Crippen molar-refractivity contribution in [3.63, 3.8) is 0 Å². The molecule has 0 radical (unpaired) electrons. The molecule has 0 atom stereocenters. The zero-order valence-electron chi connectivity index (χ0n) is 9.10. The first kappa shape index (κ1) is 9.97. The molecule has 0 unspecified atom stereocenters. The first-order valence-electron chi connectivity index (χ1n) is 4.87. The van der Waals surface area contributed by atoms with Crippen LogP contribution in [0.15, 0.2) is 24.3 Å². The van der Waals surface area contributed by atoms with Crippen LogP contribution >= 0.6 is 0 Å². The largest absolute Gasteiger partial charge is 0.496 e. The highest BCUT2D eigenvalue weighted by atomic mass is 19.1. The Morgan fingerprint density at radius 2 is 1.93 bits per heavy atom. The maximum Gasteiger partial charge on any atom is 0.135 e. The lowest BCUT2D eigenvalue weighted by Crippen LogP contribution is -1.92. The van der Waals surface area contributed by atoms with Gasteiger partial charge < -0.3 is 4.74 Å². The standard InChI is InChI=1S/C13H13FO/c1-8-7-11(14)13-10(9(8)2)5-4-6-12(13)15-3/h4-7H,1-3H3. The van der Waals surface area contributed by atoms with E-state index in [0.717, 1.165) is 16.5 Å². The normalized spacial score (nSPS) is 10.7. The molecular weight excluding hydrogens is 191 g/mol. The smallest absolute Gasteiger partial charge is 0.135 e. The summed E-state index contributed by atoms with van der Waals surface area (Å²) < 4.78 is 19.0. The van der Waals surface area contributed by atoms with Crippen molar-refractivity contribution in [2.45, 2.75) is 13.8 Å². The lowest BCUT2D eigenvalue weighted by Gasteiger charge is -2.10. The van der Waals surface area contributed by atoms with E-state index in [4.69, 9.17) is 4.74 Å². The van der Waals surface area contributed by atoms with Crippen LogP contribution in [0.25, 0.3) is 10.8 Å². The highest BCUT2D eigenvalue weighted by Gasteiger charge is 2.10. The Labute approximate surface area is 88.5 Å². The van der Waals surface area contributed by atoms with Crippen LogP contribution in [0.2, 0.25) is 0 Å². The fourth-order valence-corrected chi connectivity index (χ4v) is 1.84. The minimum absolute atomic E-state index is 0.217. The number of methoxy groups -OCH3 is 1. The molecule has 0 amide bonds. The van der Waals surface area contributed by atoms with Crippen LogP contribution in [-0.4, -0.2) is 7.11 Å². The topological polar surface area (TPSA) is 9.23 Å². The second-order valence-corrected chi connectivity index (χ2v) is 3.68. The van der Waals surface area contributed by atoms with E-state index >= 15 is 0 Å². The average Bonchev–Trinajstić information content (AvgIpc) is 2.25. The van der Waals surface area contributed by atoms with E-state index < -0.39 is 0 Å². The zero-order chi connectivity index (χ0) is 11.0. The van der Waals surface area contributed by atoms with Gasteiger partial charge in [-0.05, 0) is 42.5 Å². The second kappa shape index (κ2) is 3.54. The minimum atomic E-state index is -0.217. The van der Waals surface area contributed by atoms with Crippen molar-refractivity contribution >= 4 is 10.8 Å². The van der Waals surface area contributed by atoms with E-state index in [2.05, 4.69) is 0 Å². The maximum atomic E-state index is 13.8. The van der Waals surface area contributed by atoms with Crippen molar-refractivity contribution in [2.75, 3.05) is 7.11 Å². The van der Waals surface area contributed by atoms with Crippen molar-refractivity contribution in [2.24, 2.45) is 0 Å². The van der Waals surface area contributed by atoms with Crippen LogP contribution in [0, 0.1) is 19.7 Å². The van der Waals surface area contributed by atoms with Gasteiger partial charge in [0.25, 0.3) is 0 Å². The van der Waals surface area contributed by atoms with Gasteiger partial charge in [0.2, 0.25) is 0 Å². The van der Waals surface area contributed by atoms with Crippen LogP contribution in [0.4, 0.5) is 4.39 Å². The van der Waals surface area contributed by atoms with Crippen LogP contribution < -0.4 is 4.74 Å². The Morgan fingerprint density at radius 1 is 1.20 bits per heavy atom. The Hall–Kier alpha value is -1.57. The van der Waals surface area contributed by atoms with E-state index in [0.29, 0.717) is 11.1 Å². The fourth-order valence-electron chi connectivity index (χ4n) is 1.84. The van der Waals surface area contributed by atoms with Gasteiger partial charge in [0.1, 0.15) is 11.6 Å². The minimum Gasteiger partial charge on any atom is -0.496 e. The van der Waals surface area contributed by atoms with E-state index in [1.165, 1.54) is 0 Å². The molecule has 2 aromatic carbocycles. The number of rotatable bonds is 1. The Balaban J connectivity index is 2.95. The van der Waals surface area contributed by atoms with Gasteiger partial charge in [0.15, 0.2) is 0 Å². The summed E-state index contributed by atoms with van der Waals surface area (Å²) in [5.74, 6) is 0.374. The monoisotopic (exact) mass is 204 g/mol. The number of hydrogen-bond donors (Lipinski definition) is 0. The van der Waals surface area contributed by atoms with Gasteiger partial charge >= 0.3 is 0 Å². The number of aryl methyl sites for hydroxylation is 2. The molecule has 0 bridgehead atoms. The summed E-state index contributed by atoms with van der Waals surface area (Å²) >= 11 is 0. The summed E-state index contributed by atoms with van der Waals surface area (Å²) in [5, 5.41) is 1.50. The third kappa shape index (κ3) is 1.46. The molecule has 0 aliphatic heterocycles. The summed E-state index contributed by atoms with van der Waals surface area (Å²) in [5.41, 5.74) is 2.07. The van der Waals surface area contributed by atoms with E-state index in [1.807, 2.05) is 26.0 Å². The second-order valence-electron chi connectivity index (χ2n) is 3.68. The van der Waals surface area contributed by atoms with Crippen molar-refractivity contribution in [3.8, 4) is 5.75 Å². The Kier molecular flexibility index (Phi) is 2.35. The first-order valence-corrected chi connectivity index (χ1v) is 4.87. The molecule has 78 valence electrons. The number of ether oxygens (including phenoxy) is 1. The summed E-state index contributed by atoms with van der Waals surface area (Å²) in [4.78, 5) is 0. The fraction of sp³-hybridized carbons (Fsp3) is 0.231. The van der Waals surface area contributed by atoms with Crippen molar-refractivity contribution in [1.29, 1.82) is 0 Å². The van der Waals surface area contributed by atoms with Crippen molar-refractivity contribution in [3.05, 3.63) is 41.2 Å². The van der Waals surface area contributed by atoms with E-state index in [-0.39, 0.29) is 5.82 Å². The van der Waals surface area contributed by atoms with Gasteiger partial charge in [-0.3, -0.25) is 0 Å². The van der Waals surface area contributed by atoms with Crippen LogP contribution in [0.1, 0.15) is 11.1 Å². The third-order valence-corrected chi connectivity index (χ3v) is 2.82. The molecule has 15 heavy (non-hydrogen) atoms. The average molecular weight is 204 g/mol. The highest BCUT2D eigenvalue weighted by molar-refractivity contribution is 5.92. The van der Waals surface area contributed by atoms with Gasteiger partial charge in [-0.1, -0.05) is 12.1 Å². The predicted octanol–water partition coefficient (Wildman–Crippen LogP) is 3.60. The SMILES string of the molecule is COc1cccc2c(C)c(C)cc(F)c12. The molecule has 2 heteroatoms. The number of fused-ring (bicyclic) bond motifs is 1. The lowest BCUT2D eigenvalue weighted by molar-refractivity contribution is 0.418. The Morgan fingerprint density at radius 3 is 2.60 bits per heavy atom. The number of halogens is 1.